The third kappa shape index (κ3) is 4.33. The predicted octanol–water partition coefficient (Wildman–Crippen LogP) is 0.600. The number of benzene rings is 2. The van der Waals surface area contributed by atoms with Gasteiger partial charge in [-0.2, -0.15) is 0 Å². The molecular formula is C22H27N6O2+. The van der Waals surface area contributed by atoms with E-state index in [1.807, 2.05) is 35.0 Å². The van der Waals surface area contributed by atoms with E-state index in [1.165, 1.54) is 4.90 Å². The summed E-state index contributed by atoms with van der Waals surface area (Å²) >= 11 is 0. The van der Waals surface area contributed by atoms with Crippen LogP contribution in [0.3, 0.4) is 0 Å². The number of ether oxygens (including phenoxy) is 1. The molecule has 1 atom stereocenters. The second-order valence-electron chi connectivity index (χ2n) is 7.72. The number of nitrogens with two attached hydrogens (primary N) is 1. The number of tetrazole rings is 1. The molecule has 8 heteroatoms. The van der Waals surface area contributed by atoms with E-state index in [1.54, 1.807) is 7.11 Å². The number of likely N-dealkylation sites (tertiary alicyclic amines) is 1. The van der Waals surface area contributed by atoms with Gasteiger partial charge in [-0.15, -0.1) is 5.10 Å². The highest BCUT2D eigenvalue weighted by molar-refractivity contribution is 5.76. The number of nitrogens with one attached hydrogen (secondary N) is 1. The smallest absolute Gasteiger partial charge is 0.220 e. The topological polar surface area (TPSA) is 100 Å². The monoisotopic (exact) mass is 407 g/mol. The van der Waals surface area contributed by atoms with Crippen LogP contribution >= 0.6 is 0 Å². The van der Waals surface area contributed by atoms with Gasteiger partial charge in [0.1, 0.15) is 5.75 Å². The van der Waals surface area contributed by atoms with E-state index in [-0.39, 0.29) is 17.9 Å². The molecule has 0 bridgehead atoms. The highest BCUT2D eigenvalue weighted by Gasteiger charge is 2.36. The van der Waals surface area contributed by atoms with Gasteiger partial charge in [0.25, 0.3) is 0 Å². The number of hydrogen-bond acceptors (Lipinski definition) is 5. The van der Waals surface area contributed by atoms with E-state index in [4.69, 9.17) is 10.5 Å². The molecule has 0 spiro atoms. The van der Waals surface area contributed by atoms with E-state index in [2.05, 4.69) is 39.8 Å². The van der Waals surface area contributed by atoms with Gasteiger partial charge >= 0.3 is 0 Å². The Morgan fingerprint density at radius 1 is 1.17 bits per heavy atom. The maximum absolute atomic E-state index is 11.6. The van der Waals surface area contributed by atoms with Crippen molar-refractivity contribution in [2.45, 2.75) is 25.4 Å². The maximum Gasteiger partial charge on any atom is 0.220 e. The van der Waals surface area contributed by atoms with Crippen LogP contribution in [-0.2, 0) is 11.3 Å². The van der Waals surface area contributed by atoms with Crippen LogP contribution in [0.25, 0.3) is 0 Å². The molecule has 3 aromatic rings. The van der Waals surface area contributed by atoms with Crippen LogP contribution < -0.4 is 15.4 Å². The number of rotatable bonds is 7. The Morgan fingerprint density at radius 2 is 1.87 bits per heavy atom. The fraction of sp³-hybridized carbons (Fsp3) is 0.364. The van der Waals surface area contributed by atoms with Gasteiger partial charge in [0.15, 0.2) is 6.04 Å². The summed E-state index contributed by atoms with van der Waals surface area (Å²) in [5.41, 5.74) is 7.80. The summed E-state index contributed by atoms with van der Waals surface area (Å²) in [5, 5.41) is 12.7. The lowest BCUT2D eigenvalue weighted by Crippen LogP contribution is -3.13. The second-order valence-corrected chi connectivity index (χ2v) is 7.72. The van der Waals surface area contributed by atoms with Crippen molar-refractivity contribution >= 4 is 5.91 Å². The SMILES string of the molecule is COc1ccc([C@@H](c2nnnn2Cc2ccccc2)[NH+]2CCC(C(N)=O)CC2)cc1. The molecule has 1 saturated heterocycles. The molecular weight excluding hydrogens is 380 g/mol. The highest BCUT2D eigenvalue weighted by atomic mass is 16.5. The fourth-order valence-electron chi connectivity index (χ4n) is 4.21. The minimum absolute atomic E-state index is 0.0385. The summed E-state index contributed by atoms with van der Waals surface area (Å²) in [7, 11) is 1.66. The summed E-state index contributed by atoms with van der Waals surface area (Å²) in [6.07, 6.45) is 1.55. The first kappa shape index (κ1) is 20.0. The van der Waals surface area contributed by atoms with E-state index in [9.17, 15) is 4.79 Å². The van der Waals surface area contributed by atoms with Crippen molar-refractivity contribution in [3.05, 3.63) is 71.5 Å². The zero-order valence-corrected chi connectivity index (χ0v) is 17.1. The lowest BCUT2D eigenvalue weighted by molar-refractivity contribution is -0.931. The van der Waals surface area contributed by atoms with Gasteiger partial charge in [-0.3, -0.25) is 4.79 Å². The first-order chi connectivity index (χ1) is 14.7. The van der Waals surface area contributed by atoms with Crippen molar-refractivity contribution in [1.29, 1.82) is 0 Å². The number of methoxy groups -OCH3 is 1. The molecule has 0 unspecified atom stereocenters. The van der Waals surface area contributed by atoms with Gasteiger partial charge in [0.05, 0.1) is 26.7 Å². The van der Waals surface area contributed by atoms with Gasteiger partial charge in [-0.1, -0.05) is 30.3 Å². The maximum atomic E-state index is 11.6. The number of carbonyl (C=O) groups is 1. The van der Waals surface area contributed by atoms with E-state index in [0.717, 1.165) is 48.6 Å². The van der Waals surface area contributed by atoms with Crippen LogP contribution in [-0.4, -0.2) is 46.3 Å². The van der Waals surface area contributed by atoms with E-state index >= 15 is 0 Å². The predicted molar refractivity (Wildman–Crippen MR) is 111 cm³/mol. The molecule has 0 radical (unpaired) electrons. The Balaban J connectivity index is 1.66. The number of hydrogen-bond donors (Lipinski definition) is 2. The van der Waals surface area contributed by atoms with Gasteiger partial charge in [0, 0.05) is 24.3 Å². The van der Waals surface area contributed by atoms with Crippen molar-refractivity contribution in [2.24, 2.45) is 11.7 Å². The van der Waals surface area contributed by atoms with Gasteiger partial charge in [0.2, 0.25) is 11.7 Å². The largest absolute Gasteiger partial charge is 0.497 e. The first-order valence-corrected chi connectivity index (χ1v) is 10.2. The average Bonchev–Trinajstić information content (AvgIpc) is 3.23. The standard InChI is InChI=1S/C22H26N6O2/c1-30-19-9-7-17(8-10-19)20(27-13-11-18(12-14-27)21(23)29)22-24-25-26-28(22)15-16-5-3-2-4-6-16/h2-10,18,20H,11-15H2,1H3,(H2,23,29)/p+1/t20-/m0/s1. The molecule has 2 aromatic carbocycles. The molecule has 0 saturated carbocycles. The molecule has 1 aliphatic heterocycles. The molecule has 30 heavy (non-hydrogen) atoms. The molecule has 3 N–H and O–H groups in total. The minimum Gasteiger partial charge on any atom is -0.497 e. The molecule has 8 nitrogen and oxygen atoms in total. The molecule has 2 heterocycles. The summed E-state index contributed by atoms with van der Waals surface area (Å²) in [6, 6.07) is 18.2. The molecule has 1 fully saturated rings. The number of carbonyl (C=O) groups excluding carboxylic acids is 1. The normalized spacial score (nSPS) is 19.9. The van der Waals surface area contributed by atoms with Crippen molar-refractivity contribution in [2.75, 3.05) is 20.2 Å². The number of quaternary nitrogens is 1. The molecule has 4 rings (SSSR count). The Labute approximate surface area is 175 Å². The molecule has 156 valence electrons. The number of aromatic nitrogens is 4. The minimum atomic E-state index is -0.205. The van der Waals surface area contributed by atoms with Crippen LogP contribution in [0.1, 0.15) is 35.8 Å². The lowest BCUT2D eigenvalue weighted by atomic mass is 9.93. The molecule has 1 aromatic heterocycles. The third-order valence-corrected chi connectivity index (χ3v) is 5.88. The van der Waals surface area contributed by atoms with Crippen LogP contribution in [0, 0.1) is 5.92 Å². The Bertz CT molecular complexity index is 965. The summed E-state index contributed by atoms with van der Waals surface area (Å²) in [4.78, 5) is 13.0. The molecule has 1 amide bonds. The van der Waals surface area contributed by atoms with Crippen LogP contribution in [0.5, 0.6) is 5.75 Å². The third-order valence-electron chi connectivity index (χ3n) is 5.88. The average molecular weight is 407 g/mol. The van der Waals surface area contributed by atoms with Crippen molar-refractivity contribution in [3.8, 4) is 5.75 Å². The Kier molecular flexibility index (Phi) is 6.04. The summed E-state index contributed by atoms with van der Waals surface area (Å²) in [5.74, 6) is 1.37. The lowest BCUT2D eigenvalue weighted by Gasteiger charge is -2.33. The number of primary amides is 1. The Morgan fingerprint density at radius 3 is 2.50 bits per heavy atom. The fourth-order valence-corrected chi connectivity index (χ4v) is 4.21. The number of piperidine rings is 1. The van der Waals surface area contributed by atoms with E-state index in [0.29, 0.717) is 6.54 Å². The van der Waals surface area contributed by atoms with Crippen molar-refractivity contribution in [1.82, 2.24) is 20.2 Å². The van der Waals surface area contributed by atoms with Gasteiger partial charge in [-0.25, -0.2) is 4.68 Å². The van der Waals surface area contributed by atoms with Crippen molar-refractivity contribution < 1.29 is 14.4 Å². The molecule has 1 aliphatic rings. The quantitative estimate of drug-likeness (QED) is 0.597. The van der Waals surface area contributed by atoms with Crippen molar-refractivity contribution in [3.63, 3.8) is 0 Å². The molecule has 0 aliphatic carbocycles. The van der Waals surface area contributed by atoms with Crippen LogP contribution in [0.2, 0.25) is 0 Å². The summed E-state index contributed by atoms with van der Waals surface area (Å²) in [6.45, 7) is 2.28. The van der Waals surface area contributed by atoms with Gasteiger partial charge in [-0.05, 0) is 40.3 Å². The van der Waals surface area contributed by atoms with Crippen LogP contribution in [0.4, 0.5) is 0 Å². The first-order valence-electron chi connectivity index (χ1n) is 10.2. The van der Waals surface area contributed by atoms with Gasteiger partial charge < -0.3 is 15.4 Å². The summed E-state index contributed by atoms with van der Waals surface area (Å²) < 4.78 is 7.20. The number of amides is 1. The zero-order chi connectivity index (χ0) is 20.9. The highest BCUT2D eigenvalue weighted by Crippen LogP contribution is 2.22. The zero-order valence-electron chi connectivity index (χ0n) is 17.1. The Hall–Kier alpha value is -3.26. The van der Waals surface area contributed by atoms with E-state index < -0.39 is 0 Å². The van der Waals surface area contributed by atoms with Crippen LogP contribution in [0.15, 0.2) is 54.6 Å². The second kappa shape index (κ2) is 9.04. The number of nitrogens with zero attached hydrogens (tertiary/aromatic N) is 4.